The Kier molecular flexibility index (Phi) is 6.50. The zero-order chi connectivity index (χ0) is 15.8. The minimum atomic E-state index is -0.668. The van der Waals surface area contributed by atoms with Crippen LogP contribution in [0.25, 0.3) is 0 Å². The summed E-state index contributed by atoms with van der Waals surface area (Å²) < 4.78 is 4.95. The van der Waals surface area contributed by atoms with Gasteiger partial charge in [-0.05, 0) is 31.3 Å². The summed E-state index contributed by atoms with van der Waals surface area (Å²) in [5, 5.41) is 27.1. The third-order valence-corrected chi connectivity index (χ3v) is 2.58. The Balaban J connectivity index is 2.59. The van der Waals surface area contributed by atoms with Gasteiger partial charge in [0.2, 0.25) is 0 Å². The Hall–Kier alpha value is -2.26. The molecule has 0 bridgehead atoms. The monoisotopic (exact) mass is 312 g/mol. The normalized spacial score (nSPS) is 12.1. The van der Waals surface area contributed by atoms with Gasteiger partial charge in [0.25, 0.3) is 0 Å². The summed E-state index contributed by atoms with van der Waals surface area (Å²) in [6.07, 6.45) is 1.36. The quantitative estimate of drug-likeness (QED) is 0.313. The number of nitrogens with zero attached hydrogens (tertiary/aromatic N) is 2. The number of ether oxygens (including phenoxy) is 1. The van der Waals surface area contributed by atoms with E-state index in [4.69, 9.17) is 17.0 Å². The molecular weight excluding hydrogens is 296 g/mol. The van der Waals surface area contributed by atoms with Crippen molar-refractivity contribution in [2.24, 2.45) is 5.10 Å². The molecule has 0 amide bonds. The molecule has 9 heteroatoms. The van der Waals surface area contributed by atoms with E-state index in [1.165, 1.54) is 24.4 Å². The lowest BCUT2D eigenvalue weighted by Gasteiger charge is -2.13. The molecule has 0 aromatic heterocycles. The summed E-state index contributed by atoms with van der Waals surface area (Å²) in [5.74, 6) is -0.393. The standard InChI is InChI=1S/C12H16N4O4S/c1-8(7-20-2)14-12(21)15-13-6-9-3-4-11(17)10(5-9)16(18)19/h3-6,8,17H,7H2,1-2H3,(H2,14,15,21)/b13-6+/t8-/m1/s1. The fourth-order valence-electron chi connectivity index (χ4n) is 1.48. The van der Waals surface area contributed by atoms with Crippen LogP contribution in [0.1, 0.15) is 12.5 Å². The van der Waals surface area contributed by atoms with E-state index in [0.29, 0.717) is 17.3 Å². The molecule has 0 radical (unpaired) electrons. The number of phenols is 1. The largest absolute Gasteiger partial charge is 0.502 e. The maximum Gasteiger partial charge on any atom is 0.311 e. The fourth-order valence-corrected chi connectivity index (χ4v) is 1.73. The Labute approximate surface area is 127 Å². The van der Waals surface area contributed by atoms with E-state index in [-0.39, 0.29) is 11.7 Å². The molecule has 0 aliphatic carbocycles. The number of hydrogen-bond donors (Lipinski definition) is 3. The molecular formula is C12H16N4O4S. The van der Waals surface area contributed by atoms with Crippen molar-refractivity contribution in [3.8, 4) is 5.75 Å². The molecule has 3 N–H and O–H groups in total. The number of rotatable bonds is 6. The van der Waals surface area contributed by atoms with Gasteiger partial charge in [0.15, 0.2) is 10.9 Å². The number of thiocarbonyl (C=S) groups is 1. The molecule has 1 atom stereocenters. The van der Waals surface area contributed by atoms with E-state index in [0.717, 1.165) is 0 Å². The summed E-state index contributed by atoms with van der Waals surface area (Å²) in [6, 6.07) is 3.97. The molecule has 0 heterocycles. The maximum absolute atomic E-state index is 10.7. The Morgan fingerprint density at radius 2 is 2.38 bits per heavy atom. The van der Waals surface area contributed by atoms with Crippen molar-refractivity contribution >= 4 is 29.2 Å². The first kappa shape index (κ1) is 16.8. The molecule has 1 rings (SSSR count). The lowest BCUT2D eigenvalue weighted by molar-refractivity contribution is -0.385. The number of methoxy groups -OCH3 is 1. The van der Waals surface area contributed by atoms with E-state index >= 15 is 0 Å². The molecule has 21 heavy (non-hydrogen) atoms. The average molecular weight is 312 g/mol. The number of aromatic hydroxyl groups is 1. The minimum absolute atomic E-state index is 0.0277. The fraction of sp³-hybridized carbons (Fsp3) is 0.333. The van der Waals surface area contributed by atoms with Gasteiger partial charge in [0.05, 0.1) is 17.7 Å². The number of nitro groups is 1. The number of nitrogens with one attached hydrogen (secondary N) is 2. The highest BCUT2D eigenvalue weighted by Gasteiger charge is 2.12. The molecule has 0 unspecified atom stereocenters. The second-order valence-corrected chi connectivity index (χ2v) is 4.61. The minimum Gasteiger partial charge on any atom is -0.502 e. The van der Waals surface area contributed by atoms with Gasteiger partial charge in [-0.15, -0.1) is 0 Å². The van der Waals surface area contributed by atoms with Crippen LogP contribution in [0.2, 0.25) is 0 Å². The van der Waals surface area contributed by atoms with Gasteiger partial charge in [-0.3, -0.25) is 15.5 Å². The summed E-state index contributed by atoms with van der Waals surface area (Å²) >= 11 is 5.01. The molecule has 1 aromatic carbocycles. The van der Waals surface area contributed by atoms with Crippen LogP contribution in [0.3, 0.4) is 0 Å². The molecule has 8 nitrogen and oxygen atoms in total. The summed E-state index contributed by atoms with van der Waals surface area (Å²) in [6.45, 7) is 2.39. The SMILES string of the molecule is COC[C@@H](C)NC(=S)N/N=C/c1ccc(O)c([N+](=O)[O-])c1. The first-order valence-electron chi connectivity index (χ1n) is 6.00. The number of nitro benzene ring substituents is 1. The van der Waals surface area contributed by atoms with Crippen LogP contribution in [-0.2, 0) is 4.74 Å². The highest BCUT2D eigenvalue weighted by atomic mass is 32.1. The van der Waals surface area contributed by atoms with Gasteiger partial charge in [-0.2, -0.15) is 5.10 Å². The van der Waals surface area contributed by atoms with E-state index in [9.17, 15) is 15.2 Å². The molecule has 0 fully saturated rings. The number of phenolic OH excluding ortho intramolecular Hbond substituents is 1. The number of hydrogen-bond acceptors (Lipinski definition) is 6. The van der Waals surface area contributed by atoms with Crippen molar-refractivity contribution in [1.82, 2.24) is 10.7 Å². The van der Waals surface area contributed by atoms with Gasteiger partial charge in [-0.1, -0.05) is 0 Å². The van der Waals surface area contributed by atoms with Crippen LogP contribution >= 0.6 is 12.2 Å². The van der Waals surface area contributed by atoms with Gasteiger partial charge < -0.3 is 15.2 Å². The average Bonchev–Trinajstić information content (AvgIpc) is 2.40. The summed E-state index contributed by atoms with van der Waals surface area (Å²) in [4.78, 5) is 10.0. The van der Waals surface area contributed by atoms with Crippen molar-refractivity contribution in [2.75, 3.05) is 13.7 Å². The van der Waals surface area contributed by atoms with Crippen LogP contribution in [0, 0.1) is 10.1 Å². The van der Waals surface area contributed by atoms with Gasteiger partial charge in [-0.25, -0.2) is 0 Å². The highest BCUT2D eigenvalue weighted by molar-refractivity contribution is 7.80. The van der Waals surface area contributed by atoms with Crippen molar-refractivity contribution in [3.63, 3.8) is 0 Å². The molecule has 0 spiro atoms. The Morgan fingerprint density at radius 3 is 3.00 bits per heavy atom. The van der Waals surface area contributed by atoms with Crippen molar-refractivity contribution in [1.29, 1.82) is 0 Å². The second-order valence-electron chi connectivity index (χ2n) is 4.21. The zero-order valence-corrected chi connectivity index (χ0v) is 12.4. The molecule has 0 saturated heterocycles. The predicted octanol–water partition coefficient (Wildman–Crippen LogP) is 1.13. The first-order chi connectivity index (χ1) is 9.93. The van der Waals surface area contributed by atoms with Crippen LogP contribution < -0.4 is 10.7 Å². The van der Waals surface area contributed by atoms with Gasteiger partial charge in [0.1, 0.15) is 0 Å². The first-order valence-corrected chi connectivity index (χ1v) is 6.40. The van der Waals surface area contributed by atoms with Crippen LogP contribution in [-0.4, -0.2) is 41.1 Å². The maximum atomic E-state index is 10.7. The summed E-state index contributed by atoms with van der Waals surface area (Å²) in [5.41, 5.74) is 2.66. The lowest BCUT2D eigenvalue weighted by Crippen LogP contribution is -2.40. The Bertz CT molecular complexity index is 550. The number of benzene rings is 1. The van der Waals surface area contributed by atoms with Crippen LogP contribution in [0.15, 0.2) is 23.3 Å². The molecule has 0 aliphatic rings. The predicted molar refractivity (Wildman–Crippen MR) is 82.6 cm³/mol. The van der Waals surface area contributed by atoms with Gasteiger partial charge >= 0.3 is 5.69 Å². The lowest BCUT2D eigenvalue weighted by atomic mass is 10.2. The van der Waals surface area contributed by atoms with Crippen molar-refractivity contribution < 1.29 is 14.8 Å². The topological polar surface area (TPSA) is 109 Å². The smallest absolute Gasteiger partial charge is 0.311 e. The zero-order valence-electron chi connectivity index (χ0n) is 11.6. The molecule has 1 aromatic rings. The van der Waals surface area contributed by atoms with Crippen molar-refractivity contribution in [2.45, 2.75) is 13.0 Å². The van der Waals surface area contributed by atoms with Crippen molar-refractivity contribution in [3.05, 3.63) is 33.9 Å². The van der Waals surface area contributed by atoms with Crippen LogP contribution in [0.5, 0.6) is 5.75 Å². The van der Waals surface area contributed by atoms with E-state index in [2.05, 4.69) is 15.8 Å². The third-order valence-electron chi connectivity index (χ3n) is 2.37. The third kappa shape index (κ3) is 5.71. The Morgan fingerprint density at radius 1 is 1.67 bits per heavy atom. The van der Waals surface area contributed by atoms with Crippen LogP contribution in [0.4, 0.5) is 5.69 Å². The van der Waals surface area contributed by atoms with Gasteiger partial charge in [0, 0.05) is 24.8 Å². The molecule has 0 saturated carbocycles. The van der Waals surface area contributed by atoms with E-state index < -0.39 is 10.7 Å². The molecule has 114 valence electrons. The highest BCUT2D eigenvalue weighted by Crippen LogP contribution is 2.25. The number of hydrazone groups is 1. The molecule has 0 aliphatic heterocycles. The van der Waals surface area contributed by atoms with E-state index in [1.54, 1.807) is 7.11 Å². The summed E-state index contributed by atoms with van der Waals surface area (Å²) in [7, 11) is 1.59. The second kappa shape index (κ2) is 8.12. The van der Waals surface area contributed by atoms with E-state index in [1.807, 2.05) is 6.92 Å².